The molecule has 1 amide bonds. The van der Waals surface area contributed by atoms with Gasteiger partial charge in [0.25, 0.3) is 0 Å². The van der Waals surface area contributed by atoms with Crippen molar-refractivity contribution in [3.63, 3.8) is 0 Å². The van der Waals surface area contributed by atoms with Crippen LogP contribution >= 0.6 is 23.2 Å². The number of amides is 1. The maximum atomic E-state index is 12.1. The van der Waals surface area contributed by atoms with Crippen LogP contribution in [0.15, 0.2) is 18.2 Å². The van der Waals surface area contributed by atoms with Crippen molar-refractivity contribution >= 4 is 29.1 Å². The van der Waals surface area contributed by atoms with Crippen LogP contribution in [0, 0.1) is 17.2 Å². The van der Waals surface area contributed by atoms with Gasteiger partial charge in [-0.1, -0.05) is 43.1 Å². The predicted molar refractivity (Wildman–Crippen MR) is 89.8 cm³/mol. The van der Waals surface area contributed by atoms with Crippen LogP contribution in [0.3, 0.4) is 0 Å². The summed E-state index contributed by atoms with van der Waals surface area (Å²) in [6, 6.07) is 7.45. The van der Waals surface area contributed by atoms with E-state index < -0.39 is 5.54 Å². The molecule has 0 aliphatic rings. The molecule has 0 spiro atoms. The fourth-order valence-electron chi connectivity index (χ4n) is 1.87. The van der Waals surface area contributed by atoms with Crippen molar-refractivity contribution in [3.05, 3.63) is 33.8 Å². The molecule has 1 rings (SSSR count). The Bertz CT molecular complexity index is 583. The summed E-state index contributed by atoms with van der Waals surface area (Å²) in [6.07, 6.45) is 0. The summed E-state index contributed by atoms with van der Waals surface area (Å²) in [5.74, 6) is -0.164. The van der Waals surface area contributed by atoms with Crippen molar-refractivity contribution in [2.75, 3.05) is 13.6 Å². The summed E-state index contributed by atoms with van der Waals surface area (Å²) in [5, 5.41) is 13.2. The maximum absolute atomic E-state index is 12.1. The molecule has 0 bridgehead atoms. The highest BCUT2D eigenvalue weighted by Crippen LogP contribution is 2.22. The van der Waals surface area contributed by atoms with Crippen LogP contribution in [-0.4, -0.2) is 29.9 Å². The van der Waals surface area contributed by atoms with Crippen LogP contribution in [0.25, 0.3) is 0 Å². The van der Waals surface area contributed by atoms with Crippen molar-refractivity contribution in [2.45, 2.75) is 32.9 Å². The summed E-state index contributed by atoms with van der Waals surface area (Å²) >= 11 is 12.0. The Kier molecular flexibility index (Phi) is 6.67. The fourth-order valence-corrected chi connectivity index (χ4v) is 2.34. The number of hydrogen-bond donors (Lipinski definition) is 1. The maximum Gasteiger partial charge on any atom is 0.235 e. The fraction of sp³-hybridized carbons (Fsp3) is 0.500. The quantitative estimate of drug-likeness (QED) is 0.861. The van der Waals surface area contributed by atoms with E-state index in [0.717, 1.165) is 5.56 Å². The third kappa shape index (κ3) is 5.17. The first-order valence-corrected chi connectivity index (χ1v) is 7.78. The van der Waals surface area contributed by atoms with E-state index in [1.807, 2.05) is 31.9 Å². The molecule has 120 valence electrons. The summed E-state index contributed by atoms with van der Waals surface area (Å²) in [7, 11) is 1.82. The molecule has 6 heteroatoms. The molecule has 22 heavy (non-hydrogen) atoms. The summed E-state index contributed by atoms with van der Waals surface area (Å²) in [6.45, 7) is 6.24. The first-order chi connectivity index (χ1) is 10.2. The molecule has 0 unspecified atom stereocenters. The number of carbonyl (C=O) groups excluding carboxylic acids is 1. The number of halogens is 2. The average molecular weight is 342 g/mol. The van der Waals surface area contributed by atoms with Gasteiger partial charge in [-0.2, -0.15) is 5.26 Å². The minimum absolute atomic E-state index is 0.0254. The number of benzene rings is 1. The third-order valence-corrected chi connectivity index (χ3v) is 4.24. The largest absolute Gasteiger partial charge is 0.337 e. The van der Waals surface area contributed by atoms with Crippen LogP contribution in [0.4, 0.5) is 0 Å². The van der Waals surface area contributed by atoms with Crippen molar-refractivity contribution in [1.29, 1.82) is 5.26 Å². The van der Waals surface area contributed by atoms with Gasteiger partial charge in [0.05, 0.1) is 12.6 Å². The number of carbonyl (C=O) groups is 1. The number of hydrogen-bond acceptors (Lipinski definition) is 3. The molecule has 1 N–H and O–H groups in total. The second-order valence-electron chi connectivity index (χ2n) is 5.93. The van der Waals surface area contributed by atoms with Gasteiger partial charge in [0, 0.05) is 16.6 Å². The van der Waals surface area contributed by atoms with E-state index in [1.54, 1.807) is 19.1 Å². The van der Waals surface area contributed by atoms with Crippen molar-refractivity contribution in [2.24, 2.45) is 5.92 Å². The van der Waals surface area contributed by atoms with Gasteiger partial charge in [0.1, 0.15) is 5.54 Å². The normalized spacial score (nSPS) is 13.8. The zero-order valence-electron chi connectivity index (χ0n) is 13.3. The molecule has 0 saturated heterocycles. The Morgan fingerprint density at radius 3 is 2.59 bits per heavy atom. The van der Waals surface area contributed by atoms with Gasteiger partial charge in [0.15, 0.2) is 0 Å². The number of nitrogens with one attached hydrogen (secondary N) is 1. The molecule has 0 aromatic heterocycles. The van der Waals surface area contributed by atoms with Crippen molar-refractivity contribution in [1.82, 2.24) is 10.2 Å². The van der Waals surface area contributed by atoms with Crippen LogP contribution < -0.4 is 5.32 Å². The Labute approximate surface area is 142 Å². The lowest BCUT2D eigenvalue weighted by molar-refractivity contribution is -0.123. The SMILES string of the molecule is CC(C)[C@@](C)(C#N)NC(=O)CN(C)Cc1ccc(Cl)cc1Cl. The molecular weight excluding hydrogens is 321 g/mol. The molecule has 0 aliphatic heterocycles. The van der Waals surface area contributed by atoms with E-state index >= 15 is 0 Å². The molecule has 0 heterocycles. The summed E-state index contributed by atoms with van der Waals surface area (Å²) in [4.78, 5) is 13.9. The van der Waals surface area contributed by atoms with E-state index in [0.29, 0.717) is 16.6 Å². The van der Waals surface area contributed by atoms with E-state index in [1.165, 1.54) is 0 Å². The third-order valence-electron chi connectivity index (χ3n) is 3.65. The minimum Gasteiger partial charge on any atom is -0.337 e. The van der Waals surface area contributed by atoms with Gasteiger partial charge in [-0.05, 0) is 37.6 Å². The topological polar surface area (TPSA) is 56.1 Å². The highest BCUT2D eigenvalue weighted by molar-refractivity contribution is 6.35. The van der Waals surface area contributed by atoms with Crippen molar-refractivity contribution < 1.29 is 4.79 Å². The molecule has 0 saturated carbocycles. The molecule has 0 radical (unpaired) electrons. The monoisotopic (exact) mass is 341 g/mol. The molecule has 1 aromatic rings. The highest BCUT2D eigenvalue weighted by Gasteiger charge is 2.30. The molecular formula is C16H21Cl2N3O. The Hall–Kier alpha value is -1.28. The summed E-state index contributed by atoms with van der Waals surface area (Å²) < 4.78 is 0. The average Bonchev–Trinajstić information content (AvgIpc) is 2.41. The number of nitrogens with zero attached hydrogens (tertiary/aromatic N) is 2. The van der Waals surface area contributed by atoms with Crippen LogP contribution in [0.5, 0.6) is 0 Å². The zero-order valence-corrected chi connectivity index (χ0v) is 14.8. The number of rotatable bonds is 6. The van der Waals surface area contributed by atoms with Gasteiger partial charge in [-0.15, -0.1) is 0 Å². The van der Waals surface area contributed by atoms with Crippen molar-refractivity contribution in [3.8, 4) is 6.07 Å². The first kappa shape index (κ1) is 18.8. The minimum atomic E-state index is -0.865. The van der Waals surface area contributed by atoms with Crippen LogP contribution in [0.2, 0.25) is 10.0 Å². The van der Waals surface area contributed by atoms with Crippen LogP contribution in [-0.2, 0) is 11.3 Å². The molecule has 0 fully saturated rings. The zero-order chi connectivity index (χ0) is 16.9. The second-order valence-corrected chi connectivity index (χ2v) is 6.77. The lowest BCUT2D eigenvalue weighted by Gasteiger charge is -2.28. The van der Waals surface area contributed by atoms with E-state index in [2.05, 4.69) is 11.4 Å². The van der Waals surface area contributed by atoms with Crippen LogP contribution in [0.1, 0.15) is 26.3 Å². The number of likely N-dealkylation sites (N-methyl/N-ethyl adjacent to an activating group) is 1. The van der Waals surface area contributed by atoms with E-state index in [9.17, 15) is 10.1 Å². The van der Waals surface area contributed by atoms with Gasteiger partial charge >= 0.3 is 0 Å². The van der Waals surface area contributed by atoms with Gasteiger partial charge in [-0.3, -0.25) is 9.69 Å². The smallest absolute Gasteiger partial charge is 0.235 e. The molecule has 1 aromatic carbocycles. The highest BCUT2D eigenvalue weighted by atomic mass is 35.5. The lowest BCUT2D eigenvalue weighted by Crippen LogP contribution is -2.51. The Morgan fingerprint density at radius 2 is 2.09 bits per heavy atom. The van der Waals surface area contributed by atoms with E-state index in [-0.39, 0.29) is 18.4 Å². The Morgan fingerprint density at radius 1 is 1.45 bits per heavy atom. The first-order valence-electron chi connectivity index (χ1n) is 7.02. The number of nitriles is 1. The molecule has 1 atom stereocenters. The van der Waals surface area contributed by atoms with Gasteiger partial charge < -0.3 is 5.32 Å². The van der Waals surface area contributed by atoms with Gasteiger partial charge in [0.2, 0.25) is 5.91 Å². The molecule has 4 nitrogen and oxygen atoms in total. The Balaban J connectivity index is 2.63. The predicted octanol–water partition coefficient (Wildman–Crippen LogP) is 3.48. The van der Waals surface area contributed by atoms with E-state index in [4.69, 9.17) is 23.2 Å². The standard InChI is InChI=1S/C16H21Cl2N3O/c1-11(2)16(3,10-19)20-15(22)9-21(4)8-12-5-6-13(17)7-14(12)18/h5-7,11H,8-9H2,1-4H3,(H,20,22)/t16-/m1/s1. The lowest BCUT2D eigenvalue weighted by atomic mass is 9.90. The second kappa shape index (κ2) is 7.82. The van der Waals surface area contributed by atoms with Gasteiger partial charge in [-0.25, -0.2) is 0 Å². The molecule has 0 aliphatic carbocycles. The summed E-state index contributed by atoms with van der Waals surface area (Å²) in [5.41, 5.74) is 0.0313.